The Morgan fingerprint density at radius 3 is 2.40 bits per heavy atom. The molecule has 0 rings (SSSR count). The van der Waals surface area contributed by atoms with E-state index in [2.05, 4.69) is 32.0 Å². The van der Waals surface area contributed by atoms with Gasteiger partial charge in [0.2, 0.25) is 0 Å². The van der Waals surface area contributed by atoms with Crippen LogP contribution in [-0.2, 0) is 0 Å². The minimum Gasteiger partial charge on any atom is -0.330 e. The molecule has 0 saturated carbocycles. The first kappa shape index (κ1) is 16.7. The van der Waals surface area contributed by atoms with E-state index < -0.39 is 0 Å². The molecule has 1 atom stereocenters. The largest absolute Gasteiger partial charge is 0.330 e. The second kappa shape index (κ2) is 13.3. The molecule has 0 aliphatic rings. The van der Waals surface area contributed by atoms with Gasteiger partial charge in [0.05, 0.1) is 7.05 Å². The van der Waals surface area contributed by atoms with E-state index in [9.17, 15) is 0 Å². The van der Waals surface area contributed by atoms with E-state index in [0.717, 1.165) is 18.9 Å². The van der Waals surface area contributed by atoms with Crippen molar-refractivity contribution in [1.29, 1.82) is 0 Å². The van der Waals surface area contributed by atoms with Gasteiger partial charge in [-0.25, -0.2) is 0 Å². The van der Waals surface area contributed by atoms with Crippen molar-refractivity contribution in [1.82, 2.24) is 0 Å². The molecular weight excluding hydrogens is 188 g/mol. The molecule has 0 saturated heterocycles. The monoisotopic (exact) mass is 214 g/mol. The molecule has 0 fully saturated rings. The molecular formula is C12H26N2O. The number of nitroso groups, excluding NO2 is 1. The minimum absolute atomic E-state index is 0.817. The summed E-state index contributed by atoms with van der Waals surface area (Å²) in [5, 5.41) is 2.25. The van der Waals surface area contributed by atoms with Crippen molar-refractivity contribution < 1.29 is 0 Å². The number of nitrogens with zero attached hydrogens (tertiary/aromatic N) is 1. The zero-order valence-electron chi connectivity index (χ0n) is 10.6. The van der Waals surface area contributed by atoms with E-state index in [1.807, 2.05) is 0 Å². The predicted octanol–water partition coefficient (Wildman–Crippen LogP) is 3.49. The van der Waals surface area contributed by atoms with E-state index in [0.29, 0.717) is 0 Å². The Morgan fingerprint density at radius 1 is 1.53 bits per heavy atom. The minimum atomic E-state index is 0.817. The van der Waals surface area contributed by atoms with Crippen LogP contribution in [0.25, 0.3) is 0 Å². The van der Waals surface area contributed by atoms with Gasteiger partial charge in [-0.1, -0.05) is 37.1 Å². The fraction of sp³-hybridized carbons (Fsp3) is 0.833. The highest BCUT2D eigenvalue weighted by Gasteiger charge is 2.02. The van der Waals surface area contributed by atoms with E-state index in [1.165, 1.54) is 26.3 Å². The summed E-state index contributed by atoms with van der Waals surface area (Å²) in [7, 11) is 1.19. The maximum absolute atomic E-state index is 8.56. The summed E-state index contributed by atoms with van der Waals surface area (Å²) < 4.78 is 0. The fourth-order valence-corrected chi connectivity index (χ4v) is 1.29. The van der Waals surface area contributed by atoms with Gasteiger partial charge in [0.1, 0.15) is 0 Å². The summed E-state index contributed by atoms with van der Waals surface area (Å²) in [4.78, 5) is 8.56. The van der Waals surface area contributed by atoms with Crippen LogP contribution >= 0.6 is 0 Å². The SMILES string of the molecule is C/C=C(\CCCN)CC(C)CC.CN=O. The molecule has 0 aromatic carbocycles. The smallest absolute Gasteiger partial charge is 0.0700 e. The zero-order valence-corrected chi connectivity index (χ0v) is 10.6. The van der Waals surface area contributed by atoms with E-state index in [1.54, 1.807) is 5.57 Å². The summed E-state index contributed by atoms with van der Waals surface area (Å²) in [6.45, 7) is 7.51. The topological polar surface area (TPSA) is 55.4 Å². The second-order valence-electron chi connectivity index (χ2n) is 3.74. The first-order valence-electron chi connectivity index (χ1n) is 5.71. The quantitative estimate of drug-likeness (QED) is 0.543. The molecule has 0 aromatic heterocycles. The summed E-state index contributed by atoms with van der Waals surface area (Å²) in [5.74, 6) is 0.828. The first-order valence-corrected chi connectivity index (χ1v) is 5.71. The lowest BCUT2D eigenvalue weighted by atomic mass is 9.96. The van der Waals surface area contributed by atoms with Gasteiger partial charge in [-0.05, 0) is 38.6 Å². The highest BCUT2D eigenvalue weighted by atomic mass is 16.2. The molecule has 15 heavy (non-hydrogen) atoms. The Hall–Kier alpha value is -0.700. The lowest BCUT2D eigenvalue weighted by Gasteiger charge is -2.11. The molecule has 0 heterocycles. The predicted molar refractivity (Wildman–Crippen MR) is 67.8 cm³/mol. The lowest BCUT2D eigenvalue weighted by molar-refractivity contribution is 0.543. The van der Waals surface area contributed by atoms with Crippen LogP contribution in [0, 0.1) is 10.8 Å². The molecule has 3 nitrogen and oxygen atoms in total. The Kier molecular flexibility index (Phi) is 14.8. The molecule has 0 aromatic rings. The standard InChI is InChI=1S/C11H23N.CH3NO/c1-4-10(3)9-11(5-2)7-6-8-12;1-2-3/h5,10H,4,6-9,12H2,1-3H3;1H3/b11-5+;. The lowest BCUT2D eigenvalue weighted by Crippen LogP contribution is -2.01. The van der Waals surface area contributed by atoms with Crippen LogP contribution < -0.4 is 5.73 Å². The van der Waals surface area contributed by atoms with Crippen molar-refractivity contribution in [2.24, 2.45) is 16.8 Å². The zero-order chi connectivity index (χ0) is 12.1. The van der Waals surface area contributed by atoms with Gasteiger partial charge in [-0.2, -0.15) is 4.91 Å². The number of hydrogen-bond donors (Lipinski definition) is 1. The van der Waals surface area contributed by atoms with E-state index in [4.69, 9.17) is 10.6 Å². The summed E-state index contributed by atoms with van der Waals surface area (Å²) in [5.41, 5.74) is 7.05. The van der Waals surface area contributed by atoms with Gasteiger partial charge >= 0.3 is 0 Å². The van der Waals surface area contributed by atoms with Crippen molar-refractivity contribution in [2.45, 2.75) is 46.5 Å². The number of rotatable bonds is 6. The summed E-state index contributed by atoms with van der Waals surface area (Å²) in [6.07, 6.45) is 7.11. The third kappa shape index (κ3) is 13.3. The average Bonchev–Trinajstić information content (AvgIpc) is 2.24. The van der Waals surface area contributed by atoms with E-state index >= 15 is 0 Å². The van der Waals surface area contributed by atoms with Crippen LogP contribution in [0.1, 0.15) is 46.5 Å². The van der Waals surface area contributed by atoms with Gasteiger partial charge in [-0.3, -0.25) is 0 Å². The Bertz CT molecular complexity index is 167. The molecule has 0 aliphatic heterocycles. The maximum Gasteiger partial charge on any atom is 0.0700 e. The van der Waals surface area contributed by atoms with Gasteiger partial charge in [0, 0.05) is 0 Å². The Labute approximate surface area is 94.1 Å². The van der Waals surface area contributed by atoms with Crippen LogP contribution in [-0.4, -0.2) is 13.6 Å². The molecule has 0 bridgehead atoms. The van der Waals surface area contributed by atoms with Crippen molar-refractivity contribution in [2.75, 3.05) is 13.6 Å². The molecule has 0 aliphatic carbocycles. The van der Waals surface area contributed by atoms with Gasteiger partial charge in [0.25, 0.3) is 0 Å². The second-order valence-corrected chi connectivity index (χ2v) is 3.74. The molecule has 0 amide bonds. The summed E-state index contributed by atoms with van der Waals surface area (Å²) in [6, 6.07) is 0. The van der Waals surface area contributed by atoms with Crippen LogP contribution in [0.5, 0.6) is 0 Å². The van der Waals surface area contributed by atoms with E-state index in [-0.39, 0.29) is 0 Å². The maximum atomic E-state index is 8.56. The van der Waals surface area contributed by atoms with Crippen LogP contribution in [0.2, 0.25) is 0 Å². The van der Waals surface area contributed by atoms with Crippen LogP contribution in [0.4, 0.5) is 0 Å². The Balaban J connectivity index is 0. The molecule has 90 valence electrons. The van der Waals surface area contributed by atoms with Crippen LogP contribution in [0.3, 0.4) is 0 Å². The van der Waals surface area contributed by atoms with Gasteiger partial charge < -0.3 is 5.73 Å². The van der Waals surface area contributed by atoms with Gasteiger partial charge in [-0.15, -0.1) is 0 Å². The third-order valence-corrected chi connectivity index (χ3v) is 2.42. The van der Waals surface area contributed by atoms with Crippen molar-refractivity contribution in [3.63, 3.8) is 0 Å². The van der Waals surface area contributed by atoms with Crippen LogP contribution in [0.15, 0.2) is 16.8 Å². The average molecular weight is 214 g/mol. The summed E-state index contributed by atoms with van der Waals surface area (Å²) >= 11 is 0. The number of hydrogen-bond acceptors (Lipinski definition) is 3. The number of allylic oxidation sites excluding steroid dienone is 2. The normalized spacial score (nSPS) is 12.7. The van der Waals surface area contributed by atoms with Crippen molar-refractivity contribution in [3.05, 3.63) is 16.6 Å². The van der Waals surface area contributed by atoms with Gasteiger partial charge in [0.15, 0.2) is 0 Å². The first-order chi connectivity index (χ1) is 7.15. The molecule has 0 spiro atoms. The highest BCUT2D eigenvalue weighted by Crippen LogP contribution is 2.17. The Morgan fingerprint density at radius 2 is 2.07 bits per heavy atom. The molecule has 3 heteroatoms. The van der Waals surface area contributed by atoms with Crippen molar-refractivity contribution >= 4 is 0 Å². The molecule has 0 radical (unpaired) electrons. The highest BCUT2D eigenvalue weighted by molar-refractivity contribution is 5.00. The van der Waals surface area contributed by atoms with Crippen molar-refractivity contribution in [3.8, 4) is 0 Å². The fourth-order valence-electron chi connectivity index (χ4n) is 1.29. The third-order valence-electron chi connectivity index (χ3n) is 2.42. The number of nitrogens with two attached hydrogens (primary N) is 1. The molecule has 2 N–H and O–H groups in total. The molecule has 1 unspecified atom stereocenters.